The first-order valence-electron chi connectivity index (χ1n) is 12.3. The Morgan fingerprint density at radius 1 is 0.974 bits per heavy atom. The van der Waals surface area contributed by atoms with E-state index in [0.717, 1.165) is 12.0 Å². The molecule has 0 spiro atoms. The van der Waals surface area contributed by atoms with Gasteiger partial charge >= 0.3 is 6.36 Å². The number of nitrogens with zero attached hydrogens (tertiary/aromatic N) is 2. The van der Waals surface area contributed by atoms with Crippen LogP contribution in [0.3, 0.4) is 0 Å². The normalized spacial score (nSPS) is 15.4. The van der Waals surface area contributed by atoms with Crippen LogP contribution in [0.4, 0.5) is 18.9 Å². The van der Waals surface area contributed by atoms with Crippen molar-refractivity contribution in [2.75, 3.05) is 24.5 Å². The molecule has 0 bridgehead atoms. The van der Waals surface area contributed by atoms with Gasteiger partial charge in [0.25, 0.3) is 5.91 Å². The Morgan fingerprint density at radius 2 is 1.64 bits per heavy atom. The van der Waals surface area contributed by atoms with E-state index >= 15 is 0 Å². The largest absolute Gasteiger partial charge is 0.573 e. The maximum Gasteiger partial charge on any atom is 0.573 e. The van der Waals surface area contributed by atoms with Gasteiger partial charge in [-0.1, -0.05) is 42.5 Å². The second-order valence-electron chi connectivity index (χ2n) is 9.03. The van der Waals surface area contributed by atoms with Gasteiger partial charge in [-0.05, 0) is 60.0 Å². The number of rotatable bonds is 9. The van der Waals surface area contributed by atoms with Crippen molar-refractivity contribution in [3.8, 4) is 11.5 Å². The monoisotopic (exact) mass is 539 g/mol. The minimum absolute atomic E-state index is 0.0686. The van der Waals surface area contributed by atoms with Crippen LogP contribution in [0.2, 0.25) is 0 Å². The summed E-state index contributed by atoms with van der Waals surface area (Å²) in [6.45, 7) is 0.980. The van der Waals surface area contributed by atoms with Gasteiger partial charge in [-0.25, -0.2) is 0 Å². The van der Waals surface area contributed by atoms with Crippen LogP contribution in [0.15, 0.2) is 84.9 Å². The van der Waals surface area contributed by atoms with Gasteiger partial charge in [-0.15, -0.1) is 13.2 Å². The first-order valence-corrected chi connectivity index (χ1v) is 12.3. The Hall–Kier alpha value is -4.31. The molecule has 10 heteroatoms. The number of likely N-dealkylation sites (tertiary alicyclic amines) is 1. The summed E-state index contributed by atoms with van der Waals surface area (Å²) in [6, 6.07) is 21.3. The third kappa shape index (κ3) is 8.34. The van der Waals surface area contributed by atoms with Crippen molar-refractivity contribution in [2.45, 2.75) is 25.4 Å². The molecule has 1 unspecified atom stereocenters. The van der Waals surface area contributed by atoms with E-state index in [4.69, 9.17) is 10.5 Å². The summed E-state index contributed by atoms with van der Waals surface area (Å²) in [5.74, 6) is -0.376. The zero-order chi connectivity index (χ0) is 27.8. The summed E-state index contributed by atoms with van der Waals surface area (Å²) >= 11 is 0. The lowest BCUT2D eigenvalue weighted by Gasteiger charge is -2.24. The number of halogens is 3. The van der Waals surface area contributed by atoms with Gasteiger partial charge in [-0.3, -0.25) is 14.5 Å². The molecule has 1 aliphatic rings. The average molecular weight is 540 g/mol. The molecule has 1 saturated heterocycles. The fourth-order valence-corrected chi connectivity index (χ4v) is 4.04. The molecule has 3 aromatic rings. The van der Waals surface area contributed by atoms with Crippen LogP contribution >= 0.6 is 0 Å². The van der Waals surface area contributed by atoms with Gasteiger partial charge in [0.05, 0.1) is 0 Å². The third-order valence-corrected chi connectivity index (χ3v) is 6.07. The van der Waals surface area contributed by atoms with E-state index in [1.165, 1.54) is 35.2 Å². The van der Waals surface area contributed by atoms with E-state index in [9.17, 15) is 22.8 Å². The maximum atomic E-state index is 13.2. The molecule has 1 aliphatic heterocycles. The molecule has 2 amide bonds. The molecule has 1 fully saturated rings. The molecule has 0 saturated carbocycles. The highest BCUT2D eigenvalue weighted by Crippen LogP contribution is 2.24. The summed E-state index contributed by atoms with van der Waals surface area (Å²) in [4.78, 5) is 29.2. The zero-order valence-electron chi connectivity index (χ0n) is 21.0. The van der Waals surface area contributed by atoms with Gasteiger partial charge in [0.1, 0.15) is 24.7 Å². The number of benzene rings is 3. The van der Waals surface area contributed by atoms with Crippen LogP contribution in [-0.4, -0.2) is 48.8 Å². The zero-order valence-corrected chi connectivity index (χ0v) is 21.0. The molecule has 0 aliphatic carbocycles. The van der Waals surface area contributed by atoms with Crippen molar-refractivity contribution in [3.05, 3.63) is 96.1 Å². The highest BCUT2D eigenvalue weighted by molar-refractivity contribution is 6.06. The first-order chi connectivity index (χ1) is 18.7. The van der Waals surface area contributed by atoms with E-state index in [0.29, 0.717) is 30.1 Å². The molecule has 2 N–H and O–H groups in total. The quantitative estimate of drug-likeness (QED) is 0.396. The van der Waals surface area contributed by atoms with Crippen LogP contribution < -0.4 is 20.1 Å². The lowest BCUT2D eigenvalue weighted by atomic mass is 10.2. The molecule has 39 heavy (non-hydrogen) atoms. The van der Waals surface area contributed by atoms with Crippen LogP contribution in [0.25, 0.3) is 6.08 Å². The number of hydrogen-bond donors (Lipinski definition) is 1. The SMILES string of the molecule is NC1CCN(C(=O)CN(C(=O)C=Cc2ccccc2)c2ccc(OCc3ccc(OC(F)(F)F)cc3)cc2)C1. The molecule has 1 heterocycles. The number of anilines is 1. The number of hydrogen-bond acceptors (Lipinski definition) is 5. The molecule has 7 nitrogen and oxygen atoms in total. The summed E-state index contributed by atoms with van der Waals surface area (Å²) < 4.78 is 46.6. The van der Waals surface area contributed by atoms with Crippen molar-refractivity contribution in [1.29, 1.82) is 0 Å². The fourth-order valence-electron chi connectivity index (χ4n) is 4.04. The minimum Gasteiger partial charge on any atom is -0.489 e. The number of ether oxygens (including phenoxy) is 2. The minimum atomic E-state index is -4.75. The highest BCUT2D eigenvalue weighted by Gasteiger charge is 2.31. The van der Waals surface area contributed by atoms with Crippen molar-refractivity contribution in [3.63, 3.8) is 0 Å². The van der Waals surface area contributed by atoms with Crippen LogP contribution in [-0.2, 0) is 16.2 Å². The first kappa shape index (κ1) is 27.7. The van der Waals surface area contributed by atoms with Crippen molar-refractivity contribution in [2.24, 2.45) is 5.73 Å². The van der Waals surface area contributed by atoms with E-state index < -0.39 is 6.36 Å². The Balaban J connectivity index is 1.43. The predicted molar refractivity (Wildman–Crippen MR) is 141 cm³/mol. The molecule has 0 aromatic heterocycles. The van der Waals surface area contributed by atoms with Gasteiger partial charge in [0.15, 0.2) is 0 Å². The van der Waals surface area contributed by atoms with E-state index in [1.54, 1.807) is 35.2 Å². The van der Waals surface area contributed by atoms with Crippen molar-refractivity contribution >= 4 is 23.6 Å². The molecule has 3 aromatic carbocycles. The number of nitrogens with two attached hydrogens (primary N) is 1. The second-order valence-corrected chi connectivity index (χ2v) is 9.03. The average Bonchev–Trinajstić information content (AvgIpc) is 3.36. The number of carbonyl (C=O) groups excluding carboxylic acids is 2. The molecular formula is C29H28F3N3O4. The van der Waals surface area contributed by atoms with Gasteiger partial charge in [0.2, 0.25) is 5.91 Å². The molecule has 0 radical (unpaired) electrons. The van der Waals surface area contributed by atoms with E-state index in [-0.39, 0.29) is 36.8 Å². The topological polar surface area (TPSA) is 85.1 Å². The Bertz CT molecular complexity index is 1280. The molecule has 4 rings (SSSR count). The summed E-state index contributed by atoms with van der Waals surface area (Å²) in [7, 11) is 0. The number of carbonyl (C=O) groups is 2. The fraction of sp³-hybridized carbons (Fsp3) is 0.241. The number of alkyl halides is 3. The van der Waals surface area contributed by atoms with Crippen LogP contribution in [0.1, 0.15) is 17.5 Å². The third-order valence-electron chi connectivity index (χ3n) is 6.07. The lowest BCUT2D eigenvalue weighted by molar-refractivity contribution is -0.274. The Labute approximate surface area is 224 Å². The van der Waals surface area contributed by atoms with Gasteiger partial charge in [0, 0.05) is 30.9 Å². The smallest absolute Gasteiger partial charge is 0.489 e. The molecule has 1 atom stereocenters. The van der Waals surface area contributed by atoms with E-state index in [2.05, 4.69) is 4.74 Å². The molecule has 204 valence electrons. The van der Waals surface area contributed by atoms with Crippen LogP contribution in [0, 0.1) is 0 Å². The van der Waals surface area contributed by atoms with Crippen molar-refractivity contribution in [1.82, 2.24) is 4.90 Å². The van der Waals surface area contributed by atoms with Crippen molar-refractivity contribution < 1.29 is 32.2 Å². The Kier molecular flexibility index (Phi) is 8.88. The maximum absolute atomic E-state index is 13.2. The van der Waals surface area contributed by atoms with E-state index in [1.807, 2.05) is 30.3 Å². The standard InChI is InChI=1S/C29H28F3N3O4/c30-29(31,32)39-26-11-6-22(7-12-26)20-38-25-13-9-24(10-14-25)35(19-28(37)34-17-16-23(33)18-34)27(36)15-8-21-4-2-1-3-5-21/h1-15,23H,16-20,33H2. The molecular weight excluding hydrogens is 511 g/mol. The summed E-state index contributed by atoms with van der Waals surface area (Å²) in [5, 5.41) is 0. The Morgan fingerprint density at radius 3 is 2.26 bits per heavy atom. The lowest BCUT2D eigenvalue weighted by Crippen LogP contribution is -2.42. The predicted octanol–water partition coefficient (Wildman–Crippen LogP) is 4.77. The summed E-state index contributed by atoms with van der Waals surface area (Å²) in [5.41, 5.74) is 7.95. The highest BCUT2D eigenvalue weighted by atomic mass is 19.4. The summed E-state index contributed by atoms with van der Waals surface area (Å²) in [6.07, 6.45) is -0.918. The second kappa shape index (κ2) is 12.5. The van der Waals surface area contributed by atoms with Crippen LogP contribution in [0.5, 0.6) is 11.5 Å². The van der Waals surface area contributed by atoms with Gasteiger partial charge in [-0.2, -0.15) is 0 Å². The number of amides is 2. The van der Waals surface area contributed by atoms with Gasteiger partial charge < -0.3 is 20.1 Å².